The molecule has 0 amide bonds. The van der Waals surface area contributed by atoms with Crippen LogP contribution in [0.15, 0.2) is 0 Å². The van der Waals surface area contributed by atoms with Crippen molar-refractivity contribution in [1.82, 2.24) is 15.3 Å². The fraction of sp³-hybridized carbons (Fsp3) is 1.00. The molecule has 1 aliphatic rings. The molecular weight excluding hydrogens is 150 g/mol. The number of nitrogens with zero attached hydrogens (tertiary/aromatic N) is 2. The van der Waals surface area contributed by atoms with Crippen molar-refractivity contribution in [3.05, 3.63) is 0 Å². The van der Waals surface area contributed by atoms with Crippen molar-refractivity contribution >= 4 is 0 Å². The van der Waals surface area contributed by atoms with Gasteiger partial charge in [-0.25, -0.2) is 5.01 Å². The summed E-state index contributed by atoms with van der Waals surface area (Å²) in [6, 6.07) is 0. The summed E-state index contributed by atoms with van der Waals surface area (Å²) in [4.78, 5) is 2.40. The molecule has 0 spiro atoms. The Bertz CT molecular complexity index is 114. The molecule has 1 rings (SSSR count). The van der Waals surface area contributed by atoms with Gasteiger partial charge >= 0.3 is 0 Å². The number of hydrazine groups is 1. The van der Waals surface area contributed by atoms with Crippen LogP contribution in [0.25, 0.3) is 0 Å². The zero-order valence-corrected chi connectivity index (χ0v) is 8.34. The first-order valence-corrected chi connectivity index (χ1v) is 5.00. The van der Waals surface area contributed by atoms with Crippen molar-refractivity contribution in [2.75, 3.05) is 39.8 Å². The molecule has 0 aromatic heterocycles. The number of hydrogen-bond acceptors (Lipinski definition) is 3. The summed E-state index contributed by atoms with van der Waals surface area (Å²) in [5.74, 6) is 0. The molecule has 1 N–H and O–H groups in total. The van der Waals surface area contributed by atoms with Crippen LogP contribution < -0.4 is 5.43 Å². The maximum absolute atomic E-state index is 3.44. The summed E-state index contributed by atoms with van der Waals surface area (Å²) in [6.45, 7) is 8.11. The van der Waals surface area contributed by atoms with Crippen LogP contribution in [-0.4, -0.2) is 49.7 Å². The molecule has 0 aliphatic carbocycles. The number of rotatable bonds is 3. The average molecular weight is 171 g/mol. The van der Waals surface area contributed by atoms with Crippen molar-refractivity contribution in [3.8, 4) is 0 Å². The summed E-state index contributed by atoms with van der Waals surface area (Å²) in [6.07, 6.45) is 2.50. The molecule has 3 heteroatoms. The molecule has 1 saturated heterocycles. The molecular formula is C9H21N3. The average Bonchev–Trinajstić information content (AvgIpc) is 2.27. The standard InChI is InChI=1S/C9H21N3/c1-3-5-10-12-7-4-6-11(2)8-9-12/h10H,3-9H2,1-2H3. The lowest BCUT2D eigenvalue weighted by Crippen LogP contribution is -2.40. The molecule has 0 saturated carbocycles. The van der Waals surface area contributed by atoms with E-state index in [1.807, 2.05) is 0 Å². The Kier molecular flexibility index (Phi) is 4.58. The van der Waals surface area contributed by atoms with Crippen molar-refractivity contribution in [3.63, 3.8) is 0 Å². The van der Waals surface area contributed by atoms with Crippen LogP contribution in [0.1, 0.15) is 19.8 Å². The maximum Gasteiger partial charge on any atom is 0.0258 e. The molecule has 0 unspecified atom stereocenters. The highest BCUT2D eigenvalue weighted by atomic mass is 15.5. The van der Waals surface area contributed by atoms with Crippen LogP contribution in [0, 0.1) is 0 Å². The summed E-state index contributed by atoms with van der Waals surface area (Å²) >= 11 is 0. The van der Waals surface area contributed by atoms with Gasteiger partial charge in [0.15, 0.2) is 0 Å². The summed E-state index contributed by atoms with van der Waals surface area (Å²) in [5, 5.41) is 2.35. The van der Waals surface area contributed by atoms with Crippen molar-refractivity contribution in [2.24, 2.45) is 0 Å². The van der Waals surface area contributed by atoms with Gasteiger partial charge in [0.25, 0.3) is 0 Å². The highest BCUT2D eigenvalue weighted by molar-refractivity contribution is 4.63. The van der Waals surface area contributed by atoms with Crippen LogP contribution in [-0.2, 0) is 0 Å². The van der Waals surface area contributed by atoms with Crippen LogP contribution in [0.5, 0.6) is 0 Å². The first kappa shape index (κ1) is 9.96. The van der Waals surface area contributed by atoms with Gasteiger partial charge in [0.1, 0.15) is 0 Å². The van der Waals surface area contributed by atoms with E-state index in [1.54, 1.807) is 0 Å². The lowest BCUT2D eigenvalue weighted by Gasteiger charge is -2.20. The van der Waals surface area contributed by atoms with Crippen LogP contribution in [0.2, 0.25) is 0 Å². The van der Waals surface area contributed by atoms with Gasteiger partial charge < -0.3 is 4.90 Å². The number of hydrogen-bond donors (Lipinski definition) is 1. The third kappa shape index (κ3) is 3.52. The maximum atomic E-state index is 3.44. The smallest absolute Gasteiger partial charge is 0.0258 e. The van der Waals surface area contributed by atoms with Gasteiger partial charge in [-0.15, -0.1) is 0 Å². The monoisotopic (exact) mass is 171 g/mol. The number of nitrogens with one attached hydrogen (secondary N) is 1. The van der Waals surface area contributed by atoms with Gasteiger partial charge in [-0.2, -0.15) is 0 Å². The first-order chi connectivity index (χ1) is 5.83. The predicted molar refractivity (Wildman–Crippen MR) is 52.0 cm³/mol. The highest BCUT2D eigenvalue weighted by Crippen LogP contribution is 1.97. The van der Waals surface area contributed by atoms with E-state index < -0.39 is 0 Å². The zero-order chi connectivity index (χ0) is 8.81. The predicted octanol–water partition coefficient (Wildman–Crippen LogP) is 0.539. The van der Waals surface area contributed by atoms with Crippen molar-refractivity contribution < 1.29 is 0 Å². The minimum atomic E-state index is 1.11. The lowest BCUT2D eigenvalue weighted by atomic mass is 10.4. The molecule has 12 heavy (non-hydrogen) atoms. The molecule has 0 aromatic carbocycles. The topological polar surface area (TPSA) is 18.5 Å². The van der Waals surface area contributed by atoms with Crippen LogP contribution in [0.3, 0.4) is 0 Å². The van der Waals surface area contributed by atoms with E-state index in [9.17, 15) is 0 Å². The van der Waals surface area contributed by atoms with E-state index in [0.29, 0.717) is 0 Å². The molecule has 1 aliphatic heterocycles. The van der Waals surface area contributed by atoms with Gasteiger partial charge in [-0.3, -0.25) is 5.43 Å². The van der Waals surface area contributed by atoms with Gasteiger partial charge in [-0.05, 0) is 26.4 Å². The highest BCUT2D eigenvalue weighted by Gasteiger charge is 2.10. The van der Waals surface area contributed by atoms with E-state index in [2.05, 4.69) is 29.3 Å². The molecule has 1 heterocycles. The summed E-state index contributed by atoms with van der Waals surface area (Å²) in [5.41, 5.74) is 3.44. The Morgan fingerprint density at radius 2 is 2.00 bits per heavy atom. The first-order valence-electron chi connectivity index (χ1n) is 5.00. The van der Waals surface area contributed by atoms with E-state index in [1.165, 1.54) is 32.5 Å². The second-order valence-electron chi connectivity index (χ2n) is 3.55. The van der Waals surface area contributed by atoms with Crippen LogP contribution >= 0.6 is 0 Å². The lowest BCUT2D eigenvalue weighted by molar-refractivity contribution is 0.194. The third-order valence-electron chi connectivity index (χ3n) is 2.30. The van der Waals surface area contributed by atoms with Crippen molar-refractivity contribution in [2.45, 2.75) is 19.8 Å². The molecule has 0 bridgehead atoms. The molecule has 3 nitrogen and oxygen atoms in total. The second-order valence-corrected chi connectivity index (χ2v) is 3.55. The summed E-state index contributed by atoms with van der Waals surface area (Å²) in [7, 11) is 2.20. The largest absolute Gasteiger partial charge is 0.305 e. The van der Waals surface area contributed by atoms with Gasteiger partial charge in [0.2, 0.25) is 0 Å². The Balaban J connectivity index is 2.17. The molecule has 1 fully saturated rings. The Labute approximate surface area is 75.7 Å². The Morgan fingerprint density at radius 1 is 1.17 bits per heavy atom. The fourth-order valence-electron chi connectivity index (χ4n) is 1.47. The van der Waals surface area contributed by atoms with Crippen molar-refractivity contribution in [1.29, 1.82) is 0 Å². The zero-order valence-electron chi connectivity index (χ0n) is 8.34. The Hall–Kier alpha value is -0.120. The quantitative estimate of drug-likeness (QED) is 0.668. The number of likely N-dealkylation sites (N-methyl/N-ethyl adjacent to an activating group) is 1. The Morgan fingerprint density at radius 3 is 2.75 bits per heavy atom. The van der Waals surface area contributed by atoms with Gasteiger partial charge in [-0.1, -0.05) is 6.92 Å². The van der Waals surface area contributed by atoms with Gasteiger partial charge in [0, 0.05) is 26.2 Å². The normalized spacial score (nSPS) is 22.5. The van der Waals surface area contributed by atoms with Crippen LogP contribution in [0.4, 0.5) is 0 Å². The third-order valence-corrected chi connectivity index (χ3v) is 2.30. The summed E-state index contributed by atoms with van der Waals surface area (Å²) < 4.78 is 0. The molecule has 0 aromatic rings. The molecule has 0 atom stereocenters. The molecule has 72 valence electrons. The van der Waals surface area contributed by atoms with E-state index in [4.69, 9.17) is 0 Å². The molecule has 0 radical (unpaired) electrons. The second kappa shape index (κ2) is 5.51. The minimum absolute atomic E-state index is 1.11. The van der Waals surface area contributed by atoms with E-state index in [0.717, 1.165) is 13.1 Å². The minimum Gasteiger partial charge on any atom is -0.305 e. The SMILES string of the molecule is CCCNN1CCCN(C)CC1. The van der Waals surface area contributed by atoms with Gasteiger partial charge in [0.05, 0.1) is 0 Å². The fourth-order valence-corrected chi connectivity index (χ4v) is 1.47. The van der Waals surface area contributed by atoms with E-state index in [-0.39, 0.29) is 0 Å². The van der Waals surface area contributed by atoms with E-state index >= 15 is 0 Å².